The first kappa shape index (κ1) is 11.6. The molecule has 0 amide bonds. The van der Waals surface area contributed by atoms with Gasteiger partial charge < -0.3 is 5.32 Å². The van der Waals surface area contributed by atoms with Crippen LogP contribution >= 0.6 is 0 Å². The van der Waals surface area contributed by atoms with Gasteiger partial charge in [-0.2, -0.15) is 10.1 Å². The van der Waals surface area contributed by atoms with E-state index in [1.807, 2.05) is 50.5 Å². The molecule has 0 atom stereocenters. The number of hydrogen-bond donors (Lipinski definition) is 1. The maximum Gasteiger partial charge on any atom is 0.224 e. The number of rotatable bonds is 3. The molecule has 0 aliphatic rings. The third-order valence-electron chi connectivity index (χ3n) is 2.96. The zero-order valence-corrected chi connectivity index (χ0v) is 11.0. The van der Waals surface area contributed by atoms with Gasteiger partial charge in [-0.1, -0.05) is 30.3 Å². The summed E-state index contributed by atoms with van der Waals surface area (Å²) in [5, 5.41) is 8.63. The Balaban J connectivity index is 2.18. The molecule has 2 heterocycles. The first-order valence-corrected chi connectivity index (χ1v) is 6.28. The van der Waals surface area contributed by atoms with Gasteiger partial charge in [0.2, 0.25) is 5.95 Å². The second kappa shape index (κ2) is 4.68. The van der Waals surface area contributed by atoms with Crippen molar-refractivity contribution in [1.29, 1.82) is 0 Å². The van der Waals surface area contributed by atoms with Crippen LogP contribution in [0.4, 0.5) is 5.95 Å². The molecule has 0 saturated carbocycles. The molecule has 3 rings (SSSR count). The average Bonchev–Trinajstić information content (AvgIpc) is 2.78. The summed E-state index contributed by atoms with van der Waals surface area (Å²) in [6.45, 7) is 2.82. The molecule has 96 valence electrons. The molecule has 5 nitrogen and oxygen atoms in total. The van der Waals surface area contributed by atoms with Gasteiger partial charge in [0.15, 0.2) is 5.65 Å². The fraction of sp³-hybridized carbons (Fsp3) is 0.214. The summed E-state index contributed by atoms with van der Waals surface area (Å²) in [5.74, 6) is 0.637. The summed E-state index contributed by atoms with van der Waals surface area (Å²) >= 11 is 0. The Morgan fingerprint density at radius 2 is 2.00 bits per heavy atom. The summed E-state index contributed by atoms with van der Waals surface area (Å²) in [4.78, 5) is 8.81. The maximum atomic E-state index is 4.55. The molecule has 3 aromatic rings. The summed E-state index contributed by atoms with van der Waals surface area (Å²) < 4.78 is 1.79. The molecule has 2 aromatic heterocycles. The minimum Gasteiger partial charge on any atom is -0.354 e. The smallest absolute Gasteiger partial charge is 0.224 e. The fourth-order valence-corrected chi connectivity index (χ4v) is 2.09. The molecule has 5 heteroatoms. The summed E-state index contributed by atoms with van der Waals surface area (Å²) in [6, 6.07) is 10.1. The van der Waals surface area contributed by atoms with Crippen molar-refractivity contribution < 1.29 is 0 Å². The molecule has 0 radical (unpaired) electrons. The molecule has 19 heavy (non-hydrogen) atoms. The Hall–Kier alpha value is -2.43. The Morgan fingerprint density at radius 1 is 1.21 bits per heavy atom. The number of benzene rings is 1. The van der Waals surface area contributed by atoms with Crippen LogP contribution in [0, 0.1) is 0 Å². The van der Waals surface area contributed by atoms with Crippen LogP contribution in [0.5, 0.6) is 0 Å². The lowest BCUT2D eigenvalue weighted by molar-refractivity contribution is 0.789. The fourth-order valence-electron chi connectivity index (χ4n) is 2.09. The van der Waals surface area contributed by atoms with Gasteiger partial charge in [0.1, 0.15) is 5.69 Å². The molecule has 0 unspecified atom stereocenters. The second-order valence-corrected chi connectivity index (χ2v) is 4.30. The van der Waals surface area contributed by atoms with Crippen LogP contribution < -0.4 is 5.32 Å². The number of hydrogen-bond acceptors (Lipinski definition) is 4. The van der Waals surface area contributed by atoms with Gasteiger partial charge in [-0.15, -0.1) is 0 Å². The van der Waals surface area contributed by atoms with E-state index in [4.69, 9.17) is 0 Å². The van der Waals surface area contributed by atoms with E-state index in [0.29, 0.717) is 5.95 Å². The molecule has 1 aromatic carbocycles. The Bertz CT molecular complexity index is 702. The third-order valence-corrected chi connectivity index (χ3v) is 2.96. The number of nitrogens with one attached hydrogen (secondary N) is 1. The Morgan fingerprint density at radius 3 is 2.74 bits per heavy atom. The summed E-state index contributed by atoms with van der Waals surface area (Å²) in [5.41, 5.74) is 2.83. The standard InChI is InChI=1S/C14H15N5/c1-3-15-14-16-9-11-12(10-7-5-4-6-8-10)18-19(2)13(11)17-14/h4-9H,3H2,1-2H3,(H,15,16,17). The van der Waals surface area contributed by atoms with Crippen LogP contribution in [0.2, 0.25) is 0 Å². The highest BCUT2D eigenvalue weighted by Gasteiger charge is 2.12. The molecule has 0 fully saturated rings. The number of nitrogens with zero attached hydrogens (tertiary/aromatic N) is 4. The lowest BCUT2D eigenvalue weighted by Gasteiger charge is -2.01. The molecular formula is C14H15N5. The zero-order valence-electron chi connectivity index (χ0n) is 11.0. The molecule has 1 N–H and O–H groups in total. The Labute approximate surface area is 111 Å². The van der Waals surface area contributed by atoms with Crippen molar-refractivity contribution in [3.63, 3.8) is 0 Å². The molecule has 0 aliphatic heterocycles. The topological polar surface area (TPSA) is 55.6 Å². The van der Waals surface area contributed by atoms with Crippen molar-refractivity contribution >= 4 is 17.0 Å². The van der Waals surface area contributed by atoms with Crippen LogP contribution in [-0.2, 0) is 7.05 Å². The maximum absolute atomic E-state index is 4.55. The van der Waals surface area contributed by atoms with Crippen molar-refractivity contribution in [2.75, 3.05) is 11.9 Å². The lowest BCUT2D eigenvalue weighted by atomic mass is 10.1. The molecule has 0 aliphatic carbocycles. The highest BCUT2D eigenvalue weighted by molar-refractivity contribution is 5.90. The van der Waals surface area contributed by atoms with Crippen LogP contribution in [-0.4, -0.2) is 26.3 Å². The monoisotopic (exact) mass is 253 g/mol. The first-order chi connectivity index (χ1) is 9.29. The van der Waals surface area contributed by atoms with Gasteiger partial charge in [0.25, 0.3) is 0 Å². The number of anilines is 1. The molecule has 0 bridgehead atoms. The van der Waals surface area contributed by atoms with Crippen molar-refractivity contribution in [1.82, 2.24) is 19.7 Å². The van der Waals surface area contributed by atoms with E-state index >= 15 is 0 Å². The highest BCUT2D eigenvalue weighted by Crippen LogP contribution is 2.26. The molecule has 0 spiro atoms. The van der Waals surface area contributed by atoms with Gasteiger partial charge >= 0.3 is 0 Å². The Kier molecular flexibility index (Phi) is 2.87. The van der Waals surface area contributed by atoms with E-state index in [-0.39, 0.29) is 0 Å². The van der Waals surface area contributed by atoms with Gasteiger partial charge in [-0.3, -0.25) is 0 Å². The quantitative estimate of drug-likeness (QED) is 0.779. The van der Waals surface area contributed by atoms with E-state index in [1.54, 1.807) is 4.68 Å². The summed E-state index contributed by atoms with van der Waals surface area (Å²) in [6.07, 6.45) is 1.83. The third kappa shape index (κ3) is 2.03. The zero-order chi connectivity index (χ0) is 13.2. The predicted octanol–water partition coefficient (Wildman–Crippen LogP) is 2.46. The second-order valence-electron chi connectivity index (χ2n) is 4.30. The average molecular weight is 253 g/mol. The van der Waals surface area contributed by atoms with Gasteiger partial charge in [0, 0.05) is 25.4 Å². The van der Waals surface area contributed by atoms with Crippen LogP contribution in [0.3, 0.4) is 0 Å². The van der Waals surface area contributed by atoms with E-state index < -0.39 is 0 Å². The van der Waals surface area contributed by atoms with Crippen LogP contribution in [0.25, 0.3) is 22.3 Å². The lowest BCUT2D eigenvalue weighted by Crippen LogP contribution is -2.02. The first-order valence-electron chi connectivity index (χ1n) is 6.28. The summed E-state index contributed by atoms with van der Waals surface area (Å²) in [7, 11) is 1.90. The largest absolute Gasteiger partial charge is 0.354 e. The van der Waals surface area contributed by atoms with Gasteiger partial charge in [0.05, 0.1) is 5.39 Å². The van der Waals surface area contributed by atoms with Crippen molar-refractivity contribution in [2.24, 2.45) is 7.05 Å². The minimum absolute atomic E-state index is 0.637. The van der Waals surface area contributed by atoms with E-state index in [0.717, 1.165) is 28.8 Å². The van der Waals surface area contributed by atoms with E-state index in [2.05, 4.69) is 20.4 Å². The normalized spacial score (nSPS) is 10.8. The minimum atomic E-state index is 0.637. The SMILES string of the molecule is CCNc1ncc2c(-c3ccccc3)nn(C)c2n1. The van der Waals surface area contributed by atoms with Crippen LogP contribution in [0.15, 0.2) is 36.5 Å². The van der Waals surface area contributed by atoms with Crippen LogP contribution in [0.1, 0.15) is 6.92 Å². The highest BCUT2D eigenvalue weighted by atomic mass is 15.3. The van der Waals surface area contributed by atoms with Crippen molar-refractivity contribution in [3.05, 3.63) is 36.5 Å². The van der Waals surface area contributed by atoms with Crippen molar-refractivity contribution in [2.45, 2.75) is 6.92 Å². The number of aryl methyl sites for hydroxylation is 1. The van der Waals surface area contributed by atoms with E-state index in [9.17, 15) is 0 Å². The predicted molar refractivity (Wildman–Crippen MR) is 75.9 cm³/mol. The van der Waals surface area contributed by atoms with E-state index in [1.165, 1.54) is 0 Å². The number of fused-ring (bicyclic) bond motifs is 1. The van der Waals surface area contributed by atoms with Gasteiger partial charge in [-0.05, 0) is 6.92 Å². The molecular weight excluding hydrogens is 238 g/mol. The number of aromatic nitrogens is 4. The van der Waals surface area contributed by atoms with Gasteiger partial charge in [-0.25, -0.2) is 9.67 Å². The molecule has 0 saturated heterocycles. The van der Waals surface area contributed by atoms with Crippen molar-refractivity contribution in [3.8, 4) is 11.3 Å².